The van der Waals surface area contributed by atoms with Gasteiger partial charge in [0.15, 0.2) is 16.7 Å². The molecule has 1 atom stereocenters. The lowest BCUT2D eigenvalue weighted by Crippen LogP contribution is -2.31. The SMILES string of the molecule is COc1cccc(C2C(C(=O)c3ccc(C)cc3)=C(O)C(=O)N2c2nc3ccccc3s2)c1. The maximum atomic E-state index is 13.6. The molecule has 1 aliphatic rings. The number of hydrogen-bond donors (Lipinski definition) is 1. The lowest BCUT2D eigenvalue weighted by molar-refractivity contribution is -0.117. The van der Waals surface area contributed by atoms with E-state index in [1.54, 1.807) is 37.4 Å². The molecule has 1 aliphatic heterocycles. The molecule has 0 aliphatic carbocycles. The molecule has 0 saturated carbocycles. The summed E-state index contributed by atoms with van der Waals surface area (Å²) in [6, 6.07) is 20.9. The molecule has 0 radical (unpaired) electrons. The zero-order valence-electron chi connectivity index (χ0n) is 18.0. The molecular weight excluding hydrogens is 436 g/mol. The van der Waals surface area contributed by atoms with E-state index in [2.05, 4.69) is 4.98 Å². The number of thiazole rings is 1. The Bertz CT molecular complexity index is 1390. The van der Waals surface area contributed by atoms with Crippen molar-refractivity contribution in [3.8, 4) is 5.75 Å². The maximum Gasteiger partial charge on any atom is 0.296 e. The van der Waals surface area contributed by atoms with Crippen molar-refractivity contribution in [2.24, 2.45) is 0 Å². The number of methoxy groups -OCH3 is 1. The van der Waals surface area contributed by atoms with Gasteiger partial charge < -0.3 is 9.84 Å². The molecule has 6 nitrogen and oxygen atoms in total. The Morgan fingerprint density at radius 2 is 1.82 bits per heavy atom. The maximum absolute atomic E-state index is 13.6. The molecule has 33 heavy (non-hydrogen) atoms. The van der Waals surface area contributed by atoms with Crippen LogP contribution in [-0.2, 0) is 4.79 Å². The molecule has 1 unspecified atom stereocenters. The van der Waals surface area contributed by atoms with E-state index in [0.717, 1.165) is 15.8 Å². The summed E-state index contributed by atoms with van der Waals surface area (Å²) in [6.45, 7) is 1.93. The van der Waals surface area contributed by atoms with E-state index in [4.69, 9.17) is 4.74 Å². The molecule has 4 aromatic rings. The Morgan fingerprint density at radius 3 is 2.55 bits per heavy atom. The van der Waals surface area contributed by atoms with Crippen LogP contribution in [0.5, 0.6) is 5.75 Å². The first-order valence-corrected chi connectivity index (χ1v) is 11.2. The van der Waals surface area contributed by atoms with Crippen LogP contribution in [0.25, 0.3) is 10.2 Å². The van der Waals surface area contributed by atoms with E-state index in [1.165, 1.54) is 16.2 Å². The lowest BCUT2D eigenvalue weighted by Gasteiger charge is -2.24. The third kappa shape index (κ3) is 3.56. The Labute approximate surface area is 194 Å². The molecule has 0 bridgehead atoms. The van der Waals surface area contributed by atoms with Gasteiger partial charge in [-0.05, 0) is 36.8 Å². The van der Waals surface area contributed by atoms with Crippen LogP contribution >= 0.6 is 11.3 Å². The molecule has 0 saturated heterocycles. The van der Waals surface area contributed by atoms with Crippen molar-refractivity contribution in [3.63, 3.8) is 0 Å². The fourth-order valence-corrected chi connectivity index (χ4v) is 4.98. The number of hydrogen-bond acceptors (Lipinski definition) is 6. The molecule has 3 aromatic carbocycles. The van der Waals surface area contributed by atoms with Crippen LogP contribution in [0.1, 0.15) is 27.5 Å². The van der Waals surface area contributed by atoms with Crippen LogP contribution in [-0.4, -0.2) is 28.9 Å². The smallest absolute Gasteiger partial charge is 0.296 e. The number of anilines is 1. The second-order valence-electron chi connectivity index (χ2n) is 7.78. The van der Waals surface area contributed by atoms with Crippen molar-refractivity contribution in [2.75, 3.05) is 12.0 Å². The second-order valence-corrected chi connectivity index (χ2v) is 8.79. The van der Waals surface area contributed by atoms with E-state index < -0.39 is 23.5 Å². The molecule has 7 heteroatoms. The minimum Gasteiger partial charge on any atom is -0.503 e. The number of aromatic nitrogens is 1. The number of carbonyl (C=O) groups excluding carboxylic acids is 2. The zero-order valence-corrected chi connectivity index (χ0v) is 18.8. The number of ketones is 1. The third-order valence-electron chi connectivity index (χ3n) is 5.66. The van der Waals surface area contributed by atoms with E-state index >= 15 is 0 Å². The summed E-state index contributed by atoms with van der Waals surface area (Å²) < 4.78 is 6.28. The van der Waals surface area contributed by atoms with Crippen molar-refractivity contribution >= 4 is 38.4 Å². The van der Waals surface area contributed by atoms with Gasteiger partial charge in [-0.25, -0.2) is 4.98 Å². The van der Waals surface area contributed by atoms with Crippen molar-refractivity contribution < 1.29 is 19.4 Å². The van der Waals surface area contributed by atoms with Crippen molar-refractivity contribution in [1.82, 2.24) is 4.98 Å². The number of aryl methyl sites for hydroxylation is 1. The summed E-state index contributed by atoms with van der Waals surface area (Å²) in [7, 11) is 1.55. The Balaban J connectivity index is 1.68. The van der Waals surface area contributed by atoms with Crippen molar-refractivity contribution in [1.29, 1.82) is 0 Å². The van der Waals surface area contributed by atoms with Gasteiger partial charge >= 0.3 is 0 Å². The summed E-state index contributed by atoms with van der Waals surface area (Å²) in [6.07, 6.45) is 0. The Morgan fingerprint density at radius 1 is 1.06 bits per heavy atom. The highest BCUT2D eigenvalue weighted by molar-refractivity contribution is 7.22. The number of para-hydroxylation sites is 1. The summed E-state index contributed by atoms with van der Waals surface area (Å²) in [5.41, 5.74) is 2.81. The molecule has 2 heterocycles. The van der Waals surface area contributed by atoms with Crippen LogP contribution in [0, 0.1) is 6.92 Å². The molecule has 0 spiro atoms. The van der Waals surface area contributed by atoms with Gasteiger partial charge in [0, 0.05) is 5.56 Å². The number of aliphatic hydroxyl groups excluding tert-OH is 1. The average Bonchev–Trinajstić information content (AvgIpc) is 3.37. The topological polar surface area (TPSA) is 79.7 Å². The highest BCUT2D eigenvalue weighted by atomic mass is 32.1. The number of fused-ring (bicyclic) bond motifs is 1. The summed E-state index contributed by atoms with van der Waals surface area (Å²) in [5.74, 6) is -1.04. The predicted octanol–water partition coefficient (Wildman–Crippen LogP) is 5.40. The molecule has 0 fully saturated rings. The number of aliphatic hydroxyl groups is 1. The van der Waals surface area contributed by atoms with E-state index in [-0.39, 0.29) is 5.57 Å². The molecule has 1 N–H and O–H groups in total. The van der Waals surface area contributed by atoms with E-state index in [0.29, 0.717) is 22.0 Å². The van der Waals surface area contributed by atoms with Gasteiger partial charge in [0.25, 0.3) is 5.91 Å². The van der Waals surface area contributed by atoms with Gasteiger partial charge in [-0.15, -0.1) is 0 Å². The summed E-state index contributed by atoms with van der Waals surface area (Å²) in [4.78, 5) is 32.9. The number of Topliss-reactive ketones (excluding diaryl/α,β-unsaturated/α-hetero) is 1. The van der Waals surface area contributed by atoms with Crippen LogP contribution in [0.15, 0.2) is 84.1 Å². The van der Waals surface area contributed by atoms with Gasteiger partial charge in [-0.2, -0.15) is 0 Å². The fraction of sp³-hybridized carbons (Fsp3) is 0.115. The molecular formula is C26H20N2O4S. The molecule has 164 valence electrons. The number of carbonyl (C=O) groups is 2. The van der Waals surface area contributed by atoms with Crippen LogP contribution < -0.4 is 9.64 Å². The minimum absolute atomic E-state index is 0.0244. The van der Waals surface area contributed by atoms with Crippen molar-refractivity contribution in [2.45, 2.75) is 13.0 Å². The number of amides is 1. The largest absolute Gasteiger partial charge is 0.503 e. The zero-order chi connectivity index (χ0) is 23.1. The quantitative estimate of drug-likeness (QED) is 0.407. The highest BCUT2D eigenvalue weighted by Gasteiger charge is 2.46. The van der Waals surface area contributed by atoms with Crippen LogP contribution in [0.4, 0.5) is 5.13 Å². The van der Waals surface area contributed by atoms with E-state index in [1.807, 2.05) is 49.4 Å². The molecule has 1 amide bonds. The molecule has 1 aromatic heterocycles. The third-order valence-corrected chi connectivity index (χ3v) is 6.70. The van der Waals surface area contributed by atoms with E-state index in [9.17, 15) is 14.7 Å². The monoisotopic (exact) mass is 456 g/mol. The number of nitrogens with zero attached hydrogens (tertiary/aromatic N) is 2. The van der Waals surface area contributed by atoms with Crippen LogP contribution in [0.2, 0.25) is 0 Å². The highest BCUT2D eigenvalue weighted by Crippen LogP contribution is 2.44. The summed E-state index contributed by atoms with van der Waals surface area (Å²) >= 11 is 1.33. The standard InChI is InChI=1S/C26H20N2O4S/c1-15-10-12-16(13-11-15)23(29)21-22(17-6-5-7-18(14-17)32-2)28(25(31)24(21)30)26-27-19-8-3-4-9-20(19)33-26/h3-14,22,30H,1-2H3. The predicted molar refractivity (Wildman–Crippen MR) is 128 cm³/mol. The average molecular weight is 457 g/mol. The minimum atomic E-state index is -0.845. The first-order valence-electron chi connectivity index (χ1n) is 10.4. The Kier molecular flexibility index (Phi) is 5.18. The first-order chi connectivity index (χ1) is 16.0. The van der Waals surface area contributed by atoms with Crippen LogP contribution in [0.3, 0.4) is 0 Å². The fourth-order valence-electron chi connectivity index (χ4n) is 3.99. The summed E-state index contributed by atoms with van der Waals surface area (Å²) in [5, 5.41) is 11.3. The van der Waals surface area contributed by atoms with Gasteiger partial charge in [-0.1, -0.05) is 65.4 Å². The molecule has 5 rings (SSSR count). The number of ether oxygens (including phenoxy) is 1. The first kappa shape index (κ1) is 20.9. The normalized spacial score (nSPS) is 16.0. The number of rotatable bonds is 5. The second kappa shape index (κ2) is 8.18. The Hall–Kier alpha value is -3.97. The lowest BCUT2D eigenvalue weighted by atomic mass is 9.92. The van der Waals surface area contributed by atoms with Crippen molar-refractivity contribution in [3.05, 3.63) is 101 Å². The van der Waals surface area contributed by atoms with Gasteiger partial charge in [0.1, 0.15) is 5.75 Å². The van der Waals surface area contributed by atoms with Gasteiger partial charge in [-0.3, -0.25) is 14.5 Å². The van der Waals surface area contributed by atoms with Gasteiger partial charge in [0.05, 0.1) is 28.9 Å². The number of benzene rings is 3. The van der Waals surface area contributed by atoms with Gasteiger partial charge in [0.2, 0.25) is 0 Å².